The van der Waals surface area contributed by atoms with Gasteiger partial charge in [0.25, 0.3) is 0 Å². The predicted molar refractivity (Wildman–Crippen MR) is 330 cm³/mol. The van der Waals surface area contributed by atoms with Crippen LogP contribution in [0.15, 0.2) is 72.9 Å². The van der Waals surface area contributed by atoms with Gasteiger partial charge in [0, 0.05) is 19.3 Å². The first kappa shape index (κ1) is 72.8. The van der Waals surface area contributed by atoms with Gasteiger partial charge in [-0.05, 0) is 109 Å². The molecule has 0 spiro atoms. The standard InChI is InChI=1S/C70H124O6/c1-4-7-10-13-16-19-22-25-28-30-31-32-33-34-35-36-37-38-39-40-43-45-48-51-54-57-60-63-69(72)75-66-67(65-74-68(71)62-59-56-53-50-47-44-41-27-24-21-18-15-12-9-6-3)76-70(73)64-61-58-55-52-49-46-42-29-26-23-20-17-14-11-8-5-2/h9,12,18,21-22,25,27,29-31,41-42,67H,4-8,10-11,13-17,19-20,23-24,26,28,32-40,43-66H2,1-3H3/b12-9-,21-18-,25-22-,31-30-,41-27-,42-29-. The minimum Gasteiger partial charge on any atom is -0.462 e. The minimum atomic E-state index is -0.787. The van der Waals surface area contributed by atoms with E-state index in [2.05, 4.69) is 93.7 Å². The Kier molecular flexibility index (Phi) is 61.7. The number of carbonyl (C=O) groups is 3. The molecule has 0 aliphatic carbocycles. The summed E-state index contributed by atoms with van der Waals surface area (Å²) in [5.74, 6) is -0.893. The summed E-state index contributed by atoms with van der Waals surface area (Å²) in [5.41, 5.74) is 0. The van der Waals surface area contributed by atoms with Crippen LogP contribution in [-0.4, -0.2) is 37.2 Å². The van der Waals surface area contributed by atoms with Gasteiger partial charge in [-0.25, -0.2) is 0 Å². The summed E-state index contributed by atoms with van der Waals surface area (Å²) in [6, 6.07) is 0. The van der Waals surface area contributed by atoms with E-state index in [0.717, 1.165) is 116 Å². The molecule has 0 rings (SSSR count). The third-order valence-electron chi connectivity index (χ3n) is 14.4. The van der Waals surface area contributed by atoms with E-state index in [1.165, 1.54) is 180 Å². The summed E-state index contributed by atoms with van der Waals surface area (Å²) in [6.45, 7) is 6.53. The Morgan fingerprint density at radius 2 is 0.513 bits per heavy atom. The molecule has 6 nitrogen and oxygen atoms in total. The molecule has 0 aromatic carbocycles. The van der Waals surface area contributed by atoms with E-state index in [0.29, 0.717) is 19.3 Å². The zero-order valence-electron chi connectivity index (χ0n) is 50.5. The van der Waals surface area contributed by atoms with Gasteiger partial charge in [0.1, 0.15) is 13.2 Å². The Morgan fingerprint density at radius 1 is 0.276 bits per heavy atom. The second-order valence-electron chi connectivity index (χ2n) is 22.0. The Hall–Kier alpha value is -3.15. The van der Waals surface area contributed by atoms with E-state index < -0.39 is 6.10 Å². The maximum atomic E-state index is 12.9. The molecule has 0 aromatic rings. The fourth-order valence-electron chi connectivity index (χ4n) is 9.48. The molecule has 0 bridgehead atoms. The Bertz CT molecular complexity index is 1400. The maximum absolute atomic E-state index is 12.9. The summed E-state index contributed by atoms with van der Waals surface area (Å²) < 4.78 is 16.9. The number of carbonyl (C=O) groups excluding carboxylic acids is 3. The summed E-state index contributed by atoms with van der Waals surface area (Å²) in [5, 5.41) is 0. The van der Waals surface area contributed by atoms with Crippen LogP contribution in [0.3, 0.4) is 0 Å². The van der Waals surface area contributed by atoms with Crippen LogP contribution in [0.25, 0.3) is 0 Å². The van der Waals surface area contributed by atoms with Gasteiger partial charge in [0.05, 0.1) is 0 Å². The van der Waals surface area contributed by atoms with Crippen molar-refractivity contribution in [1.29, 1.82) is 0 Å². The minimum absolute atomic E-state index is 0.0823. The summed E-state index contributed by atoms with van der Waals surface area (Å²) in [7, 11) is 0. The van der Waals surface area contributed by atoms with Crippen molar-refractivity contribution in [2.45, 2.75) is 341 Å². The van der Waals surface area contributed by atoms with Crippen molar-refractivity contribution in [3.05, 3.63) is 72.9 Å². The van der Waals surface area contributed by atoms with Crippen molar-refractivity contribution < 1.29 is 28.6 Å². The third-order valence-corrected chi connectivity index (χ3v) is 14.4. The highest BCUT2D eigenvalue weighted by Gasteiger charge is 2.19. The van der Waals surface area contributed by atoms with Gasteiger partial charge in [0.2, 0.25) is 0 Å². The molecule has 6 heteroatoms. The van der Waals surface area contributed by atoms with E-state index in [4.69, 9.17) is 14.2 Å². The lowest BCUT2D eigenvalue weighted by Crippen LogP contribution is -2.30. The highest BCUT2D eigenvalue weighted by atomic mass is 16.6. The Labute approximate surface area is 472 Å². The molecule has 0 aliphatic heterocycles. The Morgan fingerprint density at radius 3 is 0.816 bits per heavy atom. The number of hydrogen-bond acceptors (Lipinski definition) is 6. The molecule has 0 saturated heterocycles. The number of hydrogen-bond donors (Lipinski definition) is 0. The van der Waals surface area contributed by atoms with Crippen LogP contribution in [0.1, 0.15) is 335 Å². The van der Waals surface area contributed by atoms with Crippen LogP contribution in [0.2, 0.25) is 0 Å². The lowest BCUT2D eigenvalue weighted by molar-refractivity contribution is -0.167. The Balaban J connectivity index is 4.27. The van der Waals surface area contributed by atoms with Gasteiger partial charge in [-0.1, -0.05) is 280 Å². The molecule has 0 heterocycles. The fraction of sp³-hybridized carbons (Fsp3) is 0.786. The van der Waals surface area contributed by atoms with E-state index in [-0.39, 0.29) is 31.1 Å². The topological polar surface area (TPSA) is 78.9 Å². The molecule has 1 unspecified atom stereocenters. The van der Waals surface area contributed by atoms with E-state index in [1.54, 1.807) is 0 Å². The van der Waals surface area contributed by atoms with Crippen LogP contribution in [0.4, 0.5) is 0 Å². The number of unbranched alkanes of at least 4 members (excludes halogenated alkanes) is 37. The molecule has 0 aromatic heterocycles. The van der Waals surface area contributed by atoms with E-state index >= 15 is 0 Å². The zero-order valence-corrected chi connectivity index (χ0v) is 50.5. The van der Waals surface area contributed by atoms with Crippen LogP contribution in [0.5, 0.6) is 0 Å². The molecule has 0 saturated carbocycles. The fourth-order valence-corrected chi connectivity index (χ4v) is 9.48. The smallest absolute Gasteiger partial charge is 0.306 e. The average molecular weight is 1060 g/mol. The first-order chi connectivity index (χ1) is 37.5. The van der Waals surface area contributed by atoms with Gasteiger partial charge in [0.15, 0.2) is 6.10 Å². The number of rotatable bonds is 60. The molecule has 440 valence electrons. The first-order valence-corrected chi connectivity index (χ1v) is 32.9. The van der Waals surface area contributed by atoms with Gasteiger partial charge in [-0.3, -0.25) is 14.4 Å². The largest absolute Gasteiger partial charge is 0.462 e. The summed E-state index contributed by atoms with van der Waals surface area (Å²) >= 11 is 0. The average Bonchev–Trinajstić information content (AvgIpc) is 3.42. The van der Waals surface area contributed by atoms with Crippen LogP contribution < -0.4 is 0 Å². The second-order valence-corrected chi connectivity index (χ2v) is 22.0. The van der Waals surface area contributed by atoms with E-state index in [1.807, 2.05) is 0 Å². The molecular weight excluding hydrogens is 937 g/mol. The molecule has 0 radical (unpaired) electrons. The van der Waals surface area contributed by atoms with Crippen LogP contribution in [-0.2, 0) is 28.6 Å². The second kappa shape index (κ2) is 64.4. The number of esters is 3. The lowest BCUT2D eigenvalue weighted by atomic mass is 10.0. The van der Waals surface area contributed by atoms with Crippen molar-refractivity contribution in [2.75, 3.05) is 13.2 Å². The van der Waals surface area contributed by atoms with Gasteiger partial charge in [-0.15, -0.1) is 0 Å². The monoisotopic (exact) mass is 1060 g/mol. The first-order valence-electron chi connectivity index (χ1n) is 32.9. The number of ether oxygens (including phenoxy) is 3. The summed E-state index contributed by atoms with van der Waals surface area (Å²) in [4.78, 5) is 38.3. The lowest BCUT2D eigenvalue weighted by Gasteiger charge is -2.18. The quantitative estimate of drug-likeness (QED) is 0.0261. The summed E-state index contributed by atoms with van der Waals surface area (Å²) in [6.07, 6.45) is 83.5. The van der Waals surface area contributed by atoms with Crippen molar-refractivity contribution in [1.82, 2.24) is 0 Å². The highest BCUT2D eigenvalue weighted by molar-refractivity contribution is 5.71. The van der Waals surface area contributed by atoms with Crippen molar-refractivity contribution in [3.8, 4) is 0 Å². The van der Waals surface area contributed by atoms with Crippen molar-refractivity contribution in [2.24, 2.45) is 0 Å². The van der Waals surface area contributed by atoms with Crippen LogP contribution >= 0.6 is 0 Å². The van der Waals surface area contributed by atoms with Gasteiger partial charge in [-0.2, -0.15) is 0 Å². The maximum Gasteiger partial charge on any atom is 0.306 e. The van der Waals surface area contributed by atoms with E-state index in [9.17, 15) is 14.4 Å². The van der Waals surface area contributed by atoms with Crippen molar-refractivity contribution in [3.63, 3.8) is 0 Å². The zero-order chi connectivity index (χ0) is 55.0. The SMILES string of the molecule is CC/C=C\C/C=C\C/C=C\CCCCCCCC(=O)OCC(COC(=O)CCCCCCCCCCCCCCCCC/C=C\C/C=C\CCCCCCC)OC(=O)CCCCCCC/C=C\CCCCCCCCC. The molecule has 1 atom stereocenters. The molecule has 0 fully saturated rings. The van der Waals surface area contributed by atoms with Gasteiger partial charge < -0.3 is 14.2 Å². The molecule has 0 aliphatic rings. The van der Waals surface area contributed by atoms with Gasteiger partial charge >= 0.3 is 17.9 Å². The number of allylic oxidation sites excluding steroid dienone is 12. The predicted octanol–water partition coefficient (Wildman–Crippen LogP) is 22.5. The molecule has 76 heavy (non-hydrogen) atoms. The molecule has 0 amide bonds. The normalized spacial score (nSPS) is 12.5. The highest BCUT2D eigenvalue weighted by Crippen LogP contribution is 2.17. The van der Waals surface area contributed by atoms with Crippen molar-refractivity contribution >= 4 is 17.9 Å². The van der Waals surface area contributed by atoms with Crippen LogP contribution in [0, 0.1) is 0 Å². The molecule has 0 N–H and O–H groups in total. The molecular formula is C70H124O6. The third kappa shape index (κ3) is 61.7.